The first-order valence-corrected chi connectivity index (χ1v) is 10.6. The number of carbonyl (C=O) groups excluding carboxylic acids is 1. The molecule has 1 aliphatic heterocycles. The minimum Gasteiger partial charge on any atom is -0.352 e. The Morgan fingerprint density at radius 3 is 2.44 bits per heavy atom. The zero-order chi connectivity index (χ0) is 19.5. The first-order chi connectivity index (χ1) is 12.8. The summed E-state index contributed by atoms with van der Waals surface area (Å²) >= 11 is 0. The highest BCUT2D eigenvalue weighted by Crippen LogP contribution is 2.33. The standard InChI is InChI=1S/C21H26N2O3S/c1-17-9-11-18(12-10-17)15-22-20(24)21(2)13-6-14-23(16-21)27(25,26)19-7-4-3-5-8-19/h3-5,7-12H,6,13-16H2,1-2H3,(H,22,24)/t21-/m1/s1. The largest absolute Gasteiger partial charge is 0.352 e. The van der Waals surface area contributed by atoms with Crippen LogP contribution in [0.1, 0.15) is 30.9 Å². The molecule has 144 valence electrons. The van der Waals surface area contributed by atoms with E-state index in [-0.39, 0.29) is 17.3 Å². The van der Waals surface area contributed by atoms with Gasteiger partial charge in [0, 0.05) is 19.6 Å². The van der Waals surface area contributed by atoms with Crippen LogP contribution in [0.2, 0.25) is 0 Å². The Morgan fingerprint density at radius 2 is 1.78 bits per heavy atom. The lowest BCUT2D eigenvalue weighted by Gasteiger charge is -2.38. The highest BCUT2D eigenvalue weighted by atomic mass is 32.2. The van der Waals surface area contributed by atoms with Crippen molar-refractivity contribution in [2.24, 2.45) is 5.41 Å². The molecule has 0 spiro atoms. The summed E-state index contributed by atoms with van der Waals surface area (Å²) in [7, 11) is -3.59. The average Bonchev–Trinajstić information content (AvgIpc) is 2.68. The molecule has 1 atom stereocenters. The molecule has 1 fully saturated rings. The van der Waals surface area contributed by atoms with Gasteiger partial charge in [-0.05, 0) is 44.4 Å². The number of piperidine rings is 1. The van der Waals surface area contributed by atoms with Crippen LogP contribution < -0.4 is 5.32 Å². The van der Waals surface area contributed by atoms with Crippen LogP contribution in [0.15, 0.2) is 59.5 Å². The molecule has 2 aromatic rings. The quantitative estimate of drug-likeness (QED) is 0.859. The molecule has 0 radical (unpaired) electrons. The highest BCUT2D eigenvalue weighted by Gasteiger charge is 2.41. The maximum atomic E-state index is 12.9. The Bertz CT molecular complexity index is 895. The highest BCUT2D eigenvalue weighted by molar-refractivity contribution is 7.89. The molecule has 1 saturated heterocycles. The number of hydrogen-bond acceptors (Lipinski definition) is 3. The molecule has 27 heavy (non-hydrogen) atoms. The van der Waals surface area contributed by atoms with Crippen LogP contribution in [0.5, 0.6) is 0 Å². The van der Waals surface area contributed by atoms with Gasteiger partial charge in [0.15, 0.2) is 0 Å². The fourth-order valence-corrected chi connectivity index (χ4v) is 5.05. The number of nitrogens with zero attached hydrogens (tertiary/aromatic N) is 1. The van der Waals surface area contributed by atoms with E-state index in [1.807, 2.05) is 38.1 Å². The van der Waals surface area contributed by atoms with Crippen molar-refractivity contribution in [3.8, 4) is 0 Å². The number of hydrogen-bond donors (Lipinski definition) is 1. The smallest absolute Gasteiger partial charge is 0.243 e. The van der Waals surface area contributed by atoms with E-state index in [2.05, 4.69) is 5.32 Å². The number of amides is 1. The SMILES string of the molecule is Cc1ccc(CNC(=O)[C@]2(C)CCCN(S(=O)(=O)c3ccccc3)C2)cc1. The van der Waals surface area contributed by atoms with E-state index in [1.54, 1.807) is 30.3 Å². The molecular formula is C21H26N2O3S. The van der Waals surface area contributed by atoms with Crippen molar-refractivity contribution in [2.45, 2.75) is 38.1 Å². The molecule has 3 rings (SSSR count). The summed E-state index contributed by atoms with van der Waals surface area (Å²) in [4.78, 5) is 13.1. The van der Waals surface area contributed by atoms with Gasteiger partial charge in [0.05, 0.1) is 10.3 Å². The summed E-state index contributed by atoms with van der Waals surface area (Å²) in [5.74, 6) is -0.101. The number of benzene rings is 2. The minimum atomic E-state index is -3.59. The van der Waals surface area contributed by atoms with Crippen LogP contribution in [-0.4, -0.2) is 31.7 Å². The number of aryl methyl sites for hydroxylation is 1. The minimum absolute atomic E-state index is 0.101. The van der Waals surface area contributed by atoms with Crippen molar-refractivity contribution in [3.63, 3.8) is 0 Å². The third-order valence-corrected chi connectivity index (χ3v) is 7.02. The van der Waals surface area contributed by atoms with Crippen LogP contribution in [0.3, 0.4) is 0 Å². The molecule has 0 bridgehead atoms. The summed E-state index contributed by atoms with van der Waals surface area (Å²) in [6.07, 6.45) is 1.34. The normalized spacial score (nSPS) is 21.0. The summed E-state index contributed by atoms with van der Waals surface area (Å²) in [6, 6.07) is 16.4. The van der Waals surface area contributed by atoms with Crippen LogP contribution in [0.25, 0.3) is 0 Å². The molecule has 0 aliphatic carbocycles. The predicted octanol–water partition coefficient (Wildman–Crippen LogP) is 3.10. The first-order valence-electron chi connectivity index (χ1n) is 9.20. The Labute approximate surface area is 161 Å². The van der Waals surface area contributed by atoms with Crippen LogP contribution >= 0.6 is 0 Å². The van der Waals surface area contributed by atoms with Crippen molar-refractivity contribution in [2.75, 3.05) is 13.1 Å². The predicted molar refractivity (Wildman–Crippen MR) is 106 cm³/mol. The molecule has 2 aromatic carbocycles. The fourth-order valence-electron chi connectivity index (χ4n) is 3.43. The van der Waals surface area contributed by atoms with Gasteiger partial charge in [0.25, 0.3) is 0 Å². The molecule has 1 N–H and O–H groups in total. The van der Waals surface area contributed by atoms with E-state index in [4.69, 9.17) is 0 Å². The van der Waals surface area contributed by atoms with Gasteiger partial charge in [-0.25, -0.2) is 8.42 Å². The maximum absolute atomic E-state index is 12.9. The molecular weight excluding hydrogens is 360 g/mol. The summed E-state index contributed by atoms with van der Waals surface area (Å²) in [5.41, 5.74) is 1.47. The van der Waals surface area contributed by atoms with Crippen molar-refractivity contribution >= 4 is 15.9 Å². The molecule has 0 unspecified atom stereocenters. The van der Waals surface area contributed by atoms with Gasteiger partial charge in [-0.15, -0.1) is 0 Å². The number of rotatable bonds is 5. The molecule has 5 nitrogen and oxygen atoms in total. The monoisotopic (exact) mass is 386 g/mol. The molecule has 0 saturated carbocycles. The van der Waals surface area contributed by atoms with E-state index in [9.17, 15) is 13.2 Å². The van der Waals surface area contributed by atoms with Gasteiger partial charge in [-0.2, -0.15) is 4.31 Å². The molecule has 1 aliphatic rings. The zero-order valence-corrected chi connectivity index (χ0v) is 16.6. The number of sulfonamides is 1. The Kier molecular flexibility index (Phi) is 5.67. The lowest BCUT2D eigenvalue weighted by molar-refractivity contribution is -0.132. The number of nitrogens with one attached hydrogen (secondary N) is 1. The van der Waals surface area contributed by atoms with E-state index >= 15 is 0 Å². The number of carbonyl (C=O) groups is 1. The van der Waals surface area contributed by atoms with Gasteiger partial charge < -0.3 is 5.32 Å². The van der Waals surface area contributed by atoms with E-state index < -0.39 is 15.4 Å². The van der Waals surface area contributed by atoms with Crippen LogP contribution in [0, 0.1) is 12.3 Å². The molecule has 1 amide bonds. The second kappa shape index (κ2) is 7.82. The lowest BCUT2D eigenvalue weighted by Crippen LogP contribution is -2.51. The maximum Gasteiger partial charge on any atom is 0.243 e. The third kappa shape index (κ3) is 4.39. The summed E-state index contributed by atoms with van der Waals surface area (Å²) < 4.78 is 27.2. The first kappa shape index (κ1) is 19.6. The fraction of sp³-hybridized carbons (Fsp3) is 0.381. The van der Waals surface area contributed by atoms with Crippen molar-refractivity contribution < 1.29 is 13.2 Å². The van der Waals surface area contributed by atoms with Crippen molar-refractivity contribution in [1.29, 1.82) is 0 Å². The van der Waals surface area contributed by atoms with Gasteiger partial charge in [-0.1, -0.05) is 48.0 Å². The Morgan fingerprint density at radius 1 is 1.11 bits per heavy atom. The van der Waals surface area contributed by atoms with Gasteiger partial charge in [0.1, 0.15) is 0 Å². The molecule has 1 heterocycles. The van der Waals surface area contributed by atoms with Crippen molar-refractivity contribution in [3.05, 3.63) is 65.7 Å². The Hall–Kier alpha value is -2.18. The van der Waals surface area contributed by atoms with Gasteiger partial charge in [0.2, 0.25) is 15.9 Å². The van der Waals surface area contributed by atoms with E-state index in [0.29, 0.717) is 25.9 Å². The second-order valence-corrected chi connectivity index (χ2v) is 9.42. The van der Waals surface area contributed by atoms with Crippen LogP contribution in [0.4, 0.5) is 0 Å². The van der Waals surface area contributed by atoms with Crippen LogP contribution in [-0.2, 0) is 21.4 Å². The topological polar surface area (TPSA) is 66.5 Å². The summed E-state index contributed by atoms with van der Waals surface area (Å²) in [6.45, 7) is 4.96. The molecule has 6 heteroatoms. The zero-order valence-electron chi connectivity index (χ0n) is 15.8. The lowest BCUT2D eigenvalue weighted by atomic mass is 9.82. The summed E-state index contributed by atoms with van der Waals surface area (Å²) in [5, 5.41) is 2.98. The Balaban J connectivity index is 1.70. The third-order valence-electron chi connectivity index (χ3n) is 5.16. The van der Waals surface area contributed by atoms with Crippen molar-refractivity contribution in [1.82, 2.24) is 9.62 Å². The van der Waals surface area contributed by atoms with E-state index in [0.717, 1.165) is 5.56 Å². The molecule has 0 aromatic heterocycles. The van der Waals surface area contributed by atoms with E-state index in [1.165, 1.54) is 9.87 Å². The van der Waals surface area contributed by atoms with Gasteiger partial charge in [-0.3, -0.25) is 4.79 Å². The second-order valence-electron chi connectivity index (χ2n) is 7.48. The average molecular weight is 387 g/mol. The van der Waals surface area contributed by atoms with Gasteiger partial charge >= 0.3 is 0 Å².